The second-order valence-electron chi connectivity index (χ2n) is 5.67. The van der Waals surface area contributed by atoms with Gasteiger partial charge in [-0.1, -0.05) is 19.1 Å². The highest BCUT2D eigenvalue weighted by Gasteiger charge is 2.12. The Labute approximate surface area is 137 Å². The lowest BCUT2D eigenvalue weighted by atomic mass is 9.97. The number of fused-ring (bicyclic) bond motifs is 1. The summed E-state index contributed by atoms with van der Waals surface area (Å²) in [4.78, 5) is 30.5. The quantitative estimate of drug-likeness (QED) is 0.773. The molecule has 0 spiro atoms. The number of hydrogen-bond donors (Lipinski definition) is 2. The number of H-pyrrole nitrogens is 1. The molecule has 0 saturated heterocycles. The lowest BCUT2D eigenvalue weighted by molar-refractivity contribution is -0.116. The maximum absolute atomic E-state index is 12.9. The Morgan fingerprint density at radius 3 is 2.75 bits per heavy atom. The first kappa shape index (κ1) is 15.9. The van der Waals surface area contributed by atoms with Crippen LogP contribution in [0.4, 0.5) is 10.1 Å². The molecule has 0 unspecified atom stereocenters. The van der Waals surface area contributed by atoms with Crippen LogP contribution in [-0.2, 0) is 4.79 Å². The van der Waals surface area contributed by atoms with E-state index in [1.165, 1.54) is 18.5 Å². The number of halogens is 1. The number of hydrogen-bond acceptors (Lipinski definition) is 3. The van der Waals surface area contributed by atoms with E-state index in [-0.39, 0.29) is 29.6 Å². The fourth-order valence-corrected chi connectivity index (χ4v) is 2.55. The molecule has 1 amide bonds. The van der Waals surface area contributed by atoms with Crippen molar-refractivity contribution >= 4 is 22.5 Å². The number of amides is 1. The van der Waals surface area contributed by atoms with Crippen LogP contribution in [0.2, 0.25) is 0 Å². The van der Waals surface area contributed by atoms with Crippen LogP contribution in [0.15, 0.2) is 53.6 Å². The third-order valence-corrected chi connectivity index (χ3v) is 3.85. The highest BCUT2D eigenvalue weighted by atomic mass is 19.1. The first-order chi connectivity index (χ1) is 11.5. The van der Waals surface area contributed by atoms with Gasteiger partial charge in [-0.3, -0.25) is 9.59 Å². The topological polar surface area (TPSA) is 74.8 Å². The van der Waals surface area contributed by atoms with E-state index in [1.807, 2.05) is 6.92 Å². The van der Waals surface area contributed by atoms with E-state index < -0.39 is 0 Å². The van der Waals surface area contributed by atoms with Crippen molar-refractivity contribution in [2.75, 3.05) is 5.32 Å². The van der Waals surface area contributed by atoms with Gasteiger partial charge in [0.15, 0.2) is 0 Å². The van der Waals surface area contributed by atoms with Crippen molar-refractivity contribution in [3.05, 3.63) is 70.5 Å². The normalized spacial score (nSPS) is 12.1. The average molecular weight is 325 g/mol. The molecule has 0 aliphatic rings. The van der Waals surface area contributed by atoms with Crippen LogP contribution in [0.5, 0.6) is 0 Å². The van der Waals surface area contributed by atoms with E-state index in [4.69, 9.17) is 0 Å². The zero-order valence-corrected chi connectivity index (χ0v) is 13.0. The summed E-state index contributed by atoms with van der Waals surface area (Å²) in [6.45, 7) is 1.90. The van der Waals surface area contributed by atoms with Crippen LogP contribution in [-0.4, -0.2) is 15.9 Å². The third-order valence-electron chi connectivity index (χ3n) is 3.85. The SMILES string of the molecule is C[C@@H](CC(=O)Nc1ccc2nc[nH]c(=O)c2c1)c1ccc(F)cc1. The van der Waals surface area contributed by atoms with Crippen molar-refractivity contribution in [2.45, 2.75) is 19.3 Å². The van der Waals surface area contributed by atoms with Crippen molar-refractivity contribution in [2.24, 2.45) is 0 Å². The van der Waals surface area contributed by atoms with E-state index in [2.05, 4.69) is 15.3 Å². The minimum atomic E-state index is -0.301. The van der Waals surface area contributed by atoms with Crippen LogP contribution in [0.25, 0.3) is 10.9 Å². The number of carbonyl (C=O) groups is 1. The van der Waals surface area contributed by atoms with Gasteiger partial charge in [0.1, 0.15) is 5.82 Å². The standard InChI is InChI=1S/C18H16FN3O2/c1-11(12-2-4-13(19)5-3-12)8-17(23)22-14-6-7-16-15(9-14)18(24)21-10-20-16/h2-7,9-11H,8H2,1H3,(H,22,23)(H,20,21,24)/t11-/m0/s1. The van der Waals surface area contributed by atoms with Crippen LogP contribution < -0.4 is 10.9 Å². The number of benzene rings is 2. The number of anilines is 1. The third kappa shape index (κ3) is 3.48. The summed E-state index contributed by atoms with van der Waals surface area (Å²) >= 11 is 0. The van der Waals surface area contributed by atoms with Gasteiger partial charge in [-0.2, -0.15) is 0 Å². The summed E-state index contributed by atoms with van der Waals surface area (Å²) in [7, 11) is 0. The number of aromatic nitrogens is 2. The van der Waals surface area contributed by atoms with Crippen LogP contribution >= 0.6 is 0 Å². The van der Waals surface area contributed by atoms with Gasteiger partial charge in [0.05, 0.1) is 17.2 Å². The fourth-order valence-electron chi connectivity index (χ4n) is 2.55. The molecule has 0 aliphatic heterocycles. The van der Waals surface area contributed by atoms with Crippen molar-refractivity contribution in [1.29, 1.82) is 0 Å². The Kier molecular flexibility index (Phi) is 4.37. The van der Waals surface area contributed by atoms with E-state index in [9.17, 15) is 14.0 Å². The highest BCUT2D eigenvalue weighted by Crippen LogP contribution is 2.21. The van der Waals surface area contributed by atoms with Gasteiger partial charge in [0, 0.05) is 12.1 Å². The molecule has 1 heterocycles. The van der Waals surface area contributed by atoms with Gasteiger partial charge in [-0.15, -0.1) is 0 Å². The zero-order chi connectivity index (χ0) is 17.1. The minimum Gasteiger partial charge on any atom is -0.326 e. The highest BCUT2D eigenvalue weighted by molar-refractivity contribution is 5.93. The van der Waals surface area contributed by atoms with Crippen molar-refractivity contribution in [1.82, 2.24) is 9.97 Å². The van der Waals surface area contributed by atoms with Gasteiger partial charge in [0.2, 0.25) is 5.91 Å². The minimum absolute atomic E-state index is 0.0453. The first-order valence-corrected chi connectivity index (χ1v) is 7.55. The molecule has 2 N–H and O–H groups in total. The van der Waals surface area contributed by atoms with Crippen molar-refractivity contribution < 1.29 is 9.18 Å². The van der Waals surface area contributed by atoms with Crippen molar-refractivity contribution in [3.63, 3.8) is 0 Å². The number of rotatable bonds is 4. The molecule has 5 nitrogen and oxygen atoms in total. The Hall–Kier alpha value is -3.02. The predicted octanol–water partition coefficient (Wildman–Crippen LogP) is 3.19. The summed E-state index contributed by atoms with van der Waals surface area (Å²) in [5.41, 5.74) is 1.75. The largest absolute Gasteiger partial charge is 0.326 e. The maximum Gasteiger partial charge on any atom is 0.258 e. The Morgan fingerprint density at radius 1 is 1.25 bits per heavy atom. The number of aromatic amines is 1. The van der Waals surface area contributed by atoms with Crippen LogP contribution in [0, 0.1) is 5.82 Å². The van der Waals surface area contributed by atoms with Crippen LogP contribution in [0.1, 0.15) is 24.8 Å². The average Bonchev–Trinajstić information content (AvgIpc) is 2.56. The number of nitrogens with zero attached hydrogens (tertiary/aromatic N) is 1. The molecule has 122 valence electrons. The Bertz CT molecular complexity index is 935. The summed E-state index contributed by atoms with van der Waals surface area (Å²) < 4.78 is 12.9. The van der Waals surface area contributed by atoms with E-state index in [1.54, 1.807) is 30.3 Å². The van der Waals surface area contributed by atoms with Crippen LogP contribution in [0.3, 0.4) is 0 Å². The molecule has 3 rings (SSSR count). The monoisotopic (exact) mass is 325 g/mol. The Balaban J connectivity index is 1.71. The fraction of sp³-hybridized carbons (Fsp3) is 0.167. The molecule has 3 aromatic rings. The molecular formula is C18H16FN3O2. The molecular weight excluding hydrogens is 309 g/mol. The molecule has 24 heavy (non-hydrogen) atoms. The van der Waals surface area contributed by atoms with Gasteiger partial charge < -0.3 is 10.3 Å². The number of carbonyl (C=O) groups excluding carboxylic acids is 1. The molecule has 0 radical (unpaired) electrons. The number of nitrogens with one attached hydrogen (secondary N) is 2. The molecule has 2 aromatic carbocycles. The molecule has 0 bridgehead atoms. The van der Waals surface area contributed by atoms with Gasteiger partial charge in [0.25, 0.3) is 5.56 Å². The molecule has 0 saturated carbocycles. The van der Waals surface area contributed by atoms with E-state index in [0.717, 1.165) is 5.56 Å². The maximum atomic E-state index is 12.9. The lowest BCUT2D eigenvalue weighted by Gasteiger charge is -2.12. The van der Waals surface area contributed by atoms with Gasteiger partial charge in [-0.25, -0.2) is 9.37 Å². The molecule has 0 fully saturated rings. The smallest absolute Gasteiger partial charge is 0.258 e. The molecule has 0 aliphatic carbocycles. The zero-order valence-electron chi connectivity index (χ0n) is 13.0. The summed E-state index contributed by atoms with van der Waals surface area (Å²) in [6, 6.07) is 11.1. The molecule has 1 aromatic heterocycles. The molecule has 6 heteroatoms. The summed E-state index contributed by atoms with van der Waals surface area (Å²) in [6.07, 6.45) is 1.60. The summed E-state index contributed by atoms with van der Waals surface area (Å²) in [5, 5.41) is 3.20. The molecule has 1 atom stereocenters. The van der Waals surface area contributed by atoms with E-state index in [0.29, 0.717) is 16.6 Å². The Morgan fingerprint density at radius 2 is 2.00 bits per heavy atom. The summed E-state index contributed by atoms with van der Waals surface area (Å²) in [5.74, 6) is -0.520. The van der Waals surface area contributed by atoms with Gasteiger partial charge in [-0.05, 0) is 41.8 Å². The van der Waals surface area contributed by atoms with Gasteiger partial charge >= 0.3 is 0 Å². The van der Waals surface area contributed by atoms with E-state index >= 15 is 0 Å². The lowest BCUT2D eigenvalue weighted by Crippen LogP contribution is -2.15. The first-order valence-electron chi connectivity index (χ1n) is 7.55. The second-order valence-corrected chi connectivity index (χ2v) is 5.67. The second kappa shape index (κ2) is 6.62. The predicted molar refractivity (Wildman–Crippen MR) is 90.4 cm³/mol. The van der Waals surface area contributed by atoms with Crippen molar-refractivity contribution in [3.8, 4) is 0 Å².